The summed E-state index contributed by atoms with van der Waals surface area (Å²) in [7, 11) is 0. The van der Waals surface area contributed by atoms with Crippen LogP contribution in [0.2, 0.25) is 0 Å². The Morgan fingerprint density at radius 1 is 1.43 bits per heavy atom. The van der Waals surface area contributed by atoms with Gasteiger partial charge in [-0.2, -0.15) is 0 Å². The number of carbonyl (C=O) groups excluding carboxylic acids is 1. The minimum atomic E-state index is -0.165. The number of rotatable bonds is 4. The Morgan fingerprint density at radius 3 is 2.81 bits per heavy atom. The van der Waals surface area contributed by atoms with Crippen LogP contribution in [-0.4, -0.2) is 21.9 Å². The van der Waals surface area contributed by atoms with Crippen LogP contribution in [0.5, 0.6) is 0 Å². The summed E-state index contributed by atoms with van der Waals surface area (Å²) in [6.07, 6.45) is 7.32. The lowest BCUT2D eigenvalue weighted by molar-refractivity contribution is 0.0900. The first-order valence-electron chi connectivity index (χ1n) is 7.96. The minimum absolute atomic E-state index is 0.165. The van der Waals surface area contributed by atoms with Gasteiger partial charge in [0.1, 0.15) is 5.82 Å². The number of anilines is 1. The van der Waals surface area contributed by atoms with Crippen molar-refractivity contribution >= 4 is 11.6 Å². The maximum absolute atomic E-state index is 12.5. The molecular formula is C16H26N4O. The van der Waals surface area contributed by atoms with Crippen molar-refractivity contribution in [3.8, 4) is 0 Å². The van der Waals surface area contributed by atoms with Crippen LogP contribution in [0.4, 0.5) is 5.69 Å². The number of nitrogens with one attached hydrogen (secondary N) is 1. The monoisotopic (exact) mass is 290 g/mol. The molecule has 0 radical (unpaired) electrons. The lowest BCUT2D eigenvalue weighted by atomic mass is 9.83. The minimum Gasteiger partial charge on any atom is -0.396 e. The first-order chi connectivity index (χ1) is 10.0. The SMILES string of the molecule is CCC1CCCCC1NC(=O)c1nc(C(C)C)ncc1N. The summed E-state index contributed by atoms with van der Waals surface area (Å²) in [5, 5.41) is 3.13. The third-order valence-corrected chi connectivity index (χ3v) is 4.32. The van der Waals surface area contributed by atoms with E-state index < -0.39 is 0 Å². The second-order valence-corrected chi connectivity index (χ2v) is 6.22. The Balaban J connectivity index is 2.14. The van der Waals surface area contributed by atoms with Gasteiger partial charge >= 0.3 is 0 Å². The number of carbonyl (C=O) groups is 1. The highest BCUT2D eigenvalue weighted by molar-refractivity contribution is 5.97. The van der Waals surface area contributed by atoms with Crippen LogP contribution in [0.3, 0.4) is 0 Å². The number of aromatic nitrogens is 2. The van der Waals surface area contributed by atoms with Crippen LogP contribution in [0.25, 0.3) is 0 Å². The van der Waals surface area contributed by atoms with Crippen molar-refractivity contribution in [3.63, 3.8) is 0 Å². The van der Waals surface area contributed by atoms with Gasteiger partial charge in [-0.25, -0.2) is 9.97 Å². The van der Waals surface area contributed by atoms with E-state index in [0.29, 0.717) is 23.1 Å². The zero-order chi connectivity index (χ0) is 15.4. The molecule has 0 bridgehead atoms. The van der Waals surface area contributed by atoms with Gasteiger partial charge in [-0.1, -0.05) is 40.0 Å². The van der Waals surface area contributed by atoms with Crippen LogP contribution in [0.15, 0.2) is 6.20 Å². The molecule has 0 aromatic carbocycles. The Kier molecular flexibility index (Phi) is 5.15. The lowest BCUT2D eigenvalue weighted by Crippen LogP contribution is -2.42. The summed E-state index contributed by atoms with van der Waals surface area (Å²) >= 11 is 0. The molecule has 1 aromatic heterocycles. The molecule has 1 aliphatic carbocycles. The van der Waals surface area contributed by atoms with Gasteiger partial charge in [0.2, 0.25) is 0 Å². The fraction of sp³-hybridized carbons (Fsp3) is 0.688. The summed E-state index contributed by atoms with van der Waals surface area (Å²) in [5.74, 6) is 1.23. The molecule has 2 rings (SSSR count). The summed E-state index contributed by atoms with van der Waals surface area (Å²) in [4.78, 5) is 21.0. The standard InChI is InChI=1S/C16H26N4O/c1-4-11-7-5-6-8-13(11)19-16(21)14-12(17)9-18-15(20-14)10(2)3/h9-11,13H,4-8,17H2,1-3H3,(H,19,21). The molecule has 5 nitrogen and oxygen atoms in total. The first-order valence-corrected chi connectivity index (χ1v) is 7.96. The van der Waals surface area contributed by atoms with Gasteiger partial charge in [0.15, 0.2) is 5.69 Å². The van der Waals surface area contributed by atoms with E-state index in [1.807, 2.05) is 13.8 Å². The van der Waals surface area contributed by atoms with E-state index in [0.717, 1.165) is 12.8 Å². The second kappa shape index (κ2) is 6.87. The van der Waals surface area contributed by atoms with E-state index in [9.17, 15) is 4.79 Å². The molecule has 0 spiro atoms. The average Bonchev–Trinajstić information content (AvgIpc) is 2.47. The van der Waals surface area contributed by atoms with E-state index in [-0.39, 0.29) is 17.9 Å². The highest BCUT2D eigenvalue weighted by Crippen LogP contribution is 2.27. The molecule has 1 fully saturated rings. The maximum atomic E-state index is 12.5. The van der Waals surface area contributed by atoms with Crippen molar-refractivity contribution in [3.05, 3.63) is 17.7 Å². The normalized spacial score (nSPS) is 22.3. The largest absolute Gasteiger partial charge is 0.396 e. The molecular weight excluding hydrogens is 264 g/mol. The van der Waals surface area contributed by atoms with Crippen molar-refractivity contribution < 1.29 is 4.79 Å². The predicted octanol–water partition coefficient (Wildman–Crippen LogP) is 2.88. The molecule has 1 saturated carbocycles. The molecule has 21 heavy (non-hydrogen) atoms. The molecule has 2 unspecified atom stereocenters. The van der Waals surface area contributed by atoms with E-state index in [4.69, 9.17) is 5.73 Å². The quantitative estimate of drug-likeness (QED) is 0.893. The van der Waals surface area contributed by atoms with Crippen LogP contribution in [0.1, 0.15) is 75.1 Å². The Bertz CT molecular complexity index is 501. The molecule has 0 aliphatic heterocycles. The van der Waals surface area contributed by atoms with Crippen molar-refractivity contribution in [1.82, 2.24) is 15.3 Å². The fourth-order valence-corrected chi connectivity index (χ4v) is 2.99. The van der Waals surface area contributed by atoms with Crippen molar-refractivity contribution in [2.24, 2.45) is 5.92 Å². The van der Waals surface area contributed by atoms with E-state index >= 15 is 0 Å². The van der Waals surface area contributed by atoms with Crippen LogP contribution < -0.4 is 11.1 Å². The molecule has 2 atom stereocenters. The Hall–Kier alpha value is -1.65. The van der Waals surface area contributed by atoms with Crippen molar-refractivity contribution in [1.29, 1.82) is 0 Å². The van der Waals surface area contributed by atoms with Gasteiger partial charge in [-0.05, 0) is 18.8 Å². The number of nitrogens with zero attached hydrogens (tertiary/aromatic N) is 2. The van der Waals surface area contributed by atoms with Gasteiger partial charge in [-0.3, -0.25) is 4.79 Å². The zero-order valence-electron chi connectivity index (χ0n) is 13.2. The molecule has 1 aliphatic rings. The third-order valence-electron chi connectivity index (χ3n) is 4.32. The fourth-order valence-electron chi connectivity index (χ4n) is 2.99. The topological polar surface area (TPSA) is 80.9 Å². The maximum Gasteiger partial charge on any atom is 0.272 e. The van der Waals surface area contributed by atoms with Crippen LogP contribution >= 0.6 is 0 Å². The zero-order valence-corrected chi connectivity index (χ0v) is 13.2. The van der Waals surface area contributed by atoms with Crippen molar-refractivity contribution in [2.45, 2.75) is 64.8 Å². The van der Waals surface area contributed by atoms with Crippen LogP contribution in [0, 0.1) is 5.92 Å². The predicted molar refractivity (Wildman–Crippen MR) is 84.0 cm³/mol. The van der Waals surface area contributed by atoms with Crippen LogP contribution in [-0.2, 0) is 0 Å². The van der Waals surface area contributed by atoms with Crippen molar-refractivity contribution in [2.75, 3.05) is 5.73 Å². The lowest BCUT2D eigenvalue weighted by Gasteiger charge is -2.31. The van der Waals surface area contributed by atoms with E-state index in [1.165, 1.54) is 25.5 Å². The summed E-state index contributed by atoms with van der Waals surface area (Å²) in [6.45, 7) is 6.19. The number of nitrogens with two attached hydrogens (primary N) is 1. The number of hydrogen-bond acceptors (Lipinski definition) is 4. The number of hydrogen-bond donors (Lipinski definition) is 2. The first kappa shape index (κ1) is 15.7. The molecule has 3 N–H and O–H groups in total. The smallest absolute Gasteiger partial charge is 0.272 e. The Labute approximate surface area is 126 Å². The number of amides is 1. The number of nitrogen functional groups attached to an aromatic ring is 1. The molecule has 1 amide bonds. The average molecular weight is 290 g/mol. The Morgan fingerprint density at radius 2 is 2.14 bits per heavy atom. The summed E-state index contributed by atoms with van der Waals surface area (Å²) < 4.78 is 0. The van der Waals surface area contributed by atoms with E-state index in [1.54, 1.807) is 0 Å². The molecule has 5 heteroatoms. The van der Waals surface area contributed by atoms with Gasteiger partial charge in [-0.15, -0.1) is 0 Å². The molecule has 116 valence electrons. The summed E-state index contributed by atoms with van der Waals surface area (Å²) in [5.41, 5.74) is 6.54. The second-order valence-electron chi connectivity index (χ2n) is 6.22. The van der Waals surface area contributed by atoms with Gasteiger partial charge in [0.05, 0.1) is 11.9 Å². The highest BCUT2D eigenvalue weighted by Gasteiger charge is 2.26. The van der Waals surface area contributed by atoms with Gasteiger partial charge in [0, 0.05) is 12.0 Å². The molecule has 1 heterocycles. The highest BCUT2D eigenvalue weighted by atomic mass is 16.2. The molecule has 1 aromatic rings. The van der Waals surface area contributed by atoms with Gasteiger partial charge in [0.25, 0.3) is 5.91 Å². The van der Waals surface area contributed by atoms with Gasteiger partial charge < -0.3 is 11.1 Å². The summed E-state index contributed by atoms with van der Waals surface area (Å²) in [6, 6.07) is 0.244. The molecule has 0 saturated heterocycles. The third kappa shape index (κ3) is 3.71. The van der Waals surface area contributed by atoms with E-state index in [2.05, 4.69) is 22.2 Å².